The molecule has 130 valence electrons. The van der Waals surface area contributed by atoms with Gasteiger partial charge in [-0.25, -0.2) is 4.79 Å². The van der Waals surface area contributed by atoms with E-state index in [2.05, 4.69) is 36.5 Å². The topological polar surface area (TPSA) is 41.6 Å². The number of nitrogens with zero attached hydrogens (tertiary/aromatic N) is 1. The fourth-order valence-corrected chi connectivity index (χ4v) is 2.38. The van der Waals surface area contributed by atoms with Crippen molar-refractivity contribution < 1.29 is 9.53 Å². The standard InChI is InChI=1S/C19H32N2O2/c1-7-16-10-8-9-11-17(16)14-20-12-13-21(15(2)3)18(22)23-19(4,5)6/h8-11,15,20H,7,12-14H2,1-6H3. The summed E-state index contributed by atoms with van der Waals surface area (Å²) in [4.78, 5) is 14.0. The van der Waals surface area contributed by atoms with Crippen LogP contribution < -0.4 is 5.32 Å². The summed E-state index contributed by atoms with van der Waals surface area (Å²) in [6, 6.07) is 8.58. The Balaban J connectivity index is 2.49. The van der Waals surface area contributed by atoms with E-state index in [0.29, 0.717) is 6.54 Å². The lowest BCUT2D eigenvalue weighted by molar-refractivity contribution is 0.0193. The maximum atomic E-state index is 12.2. The van der Waals surface area contributed by atoms with Gasteiger partial charge in [0.1, 0.15) is 5.60 Å². The van der Waals surface area contributed by atoms with Gasteiger partial charge in [0.2, 0.25) is 0 Å². The van der Waals surface area contributed by atoms with Crippen molar-refractivity contribution in [2.45, 2.75) is 66.2 Å². The molecule has 4 nitrogen and oxygen atoms in total. The van der Waals surface area contributed by atoms with E-state index >= 15 is 0 Å². The molecule has 0 aliphatic rings. The molecule has 4 heteroatoms. The van der Waals surface area contributed by atoms with Gasteiger partial charge in [-0.1, -0.05) is 31.2 Å². The number of benzene rings is 1. The third-order valence-corrected chi connectivity index (χ3v) is 3.60. The van der Waals surface area contributed by atoms with Crippen molar-refractivity contribution in [3.8, 4) is 0 Å². The minimum atomic E-state index is -0.461. The number of carbonyl (C=O) groups excluding carboxylic acids is 1. The van der Waals surface area contributed by atoms with Gasteiger partial charge < -0.3 is 15.0 Å². The van der Waals surface area contributed by atoms with Gasteiger partial charge in [-0.2, -0.15) is 0 Å². The van der Waals surface area contributed by atoms with Crippen LogP contribution in [0, 0.1) is 0 Å². The van der Waals surface area contributed by atoms with Crippen LogP contribution in [0.1, 0.15) is 52.7 Å². The van der Waals surface area contributed by atoms with Crippen LogP contribution in [-0.4, -0.2) is 35.7 Å². The summed E-state index contributed by atoms with van der Waals surface area (Å²) in [7, 11) is 0. The molecule has 0 bridgehead atoms. The van der Waals surface area contributed by atoms with Crippen molar-refractivity contribution in [3.05, 3.63) is 35.4 Å². The van der Waals surface area contributed by atoms with E-state index in [1.807, 2.05) is 34.6 Å². The lowest BCUT2D eigenvalue weighted by atomic mass is 10.1. The average molecular weight is 320 g/mol. The van der Waals surface area contributed by atoms with Gasteiger partial charge in [0, 0.05) is 25.7 Å². The van der Waals surface area contributed by atoms with E-state index < -0.39 is 5.60 Å². The number of aryl methyl sites for hydroxylation is 1. The Morgan fingerprint density at radius 1 is 1.22 bits per heavy atom. The highest BCUT2D eigenvalue weighted by atomic mass is 16.6. The molecule has 0 radical (unpaired) electrons. The fraction of sp³-hybridized carbons (Fsp3) is 0.632. The second-order valence-corrected chi connectivity index (χ2v) is 7.07. The Hall–Kier alpha value is -1.55. The molecule has 0 aliphatic carbocycles. The van der Waals surface area contributed by atoms with Gasteiger partial charge in [0.15, 0.2) is 0 Å². The Morgan fingerprint density at radius 3 is 2.35 bits per heavy atom. The number of nitrogens with one attached hydrogen (secondary N) is 1. The molecule has 23 heavy (non-hydrogen) atoms. The van der Waals surface area contributed by atoms with Crippen LogP contribution in [0.25, 0.3) is 0 Å². The SMILES string of the molecule is CCc1ccccc1CNCCN(C(=O)OC(C)(C)C)C(C)C. The Morgan fingerprint density at radius 2 is 1.83 bits per heavy atom. The quantitative estimate of drug-likeness (QED) is 0.773. The molecule has 0 unspecified atom stereocenters. The summed E-state index contributed by atoms with van der Waals surface area (Å²) in [6.45, 7) is 14.1. The third kappa shape index (κ3) is 7.04. The molecule has 0 fully saturated rings. The van der Waals surface area contributed by atoms with E-state index in [4.69, 9.17) is 4.74 Å². The largest absolute Gasteiger partial charge is 0.444 e. The molecule has 0 spiro atoms. The lowest BCUT2D eigenvalue weighted by Gasteiger charge is -2.30. The van der Waals surface area contributed by atoms with E-state index in [1.165, 1.54) is 11.1 Å². The van der Waals surface area contributed by atoms with Crippen LogP contribution in [0.3, 0.4) is 0 Å². The molecular weight excluding hydrogens is 288 g/mol. The maximum Gasteiger partial charge on any atom is 0.410 e. The smallest absolute Gasteiger partial charge is 0.410 e. The van der Waals surface area contributed by atoms with Crippen molar-refractivity contribution in [1.29, 1.82) is 0 Å². The summed E-state index contributed by atoms with van der Waals surface area (Å²) in [6.07, 6.45) is 0.789. The monoisotopic (exact) mass is 320 g/mol. The molecule has 0 saturated heterocycles. The number of hydrogen-bond acceptors (Lipinski definition) is 3. The maximum absolute atomic E-state index is 12.2. The van der Waals surface area contributed by atoms with Crippen molar-refractivity contribution in [2.24, 2.45) is 0 Å². The lowest BCUT2D eigenvalue weighted by Crippen LogP contribution is -2.44. The Kier molecular flexibility index (Phi) is 7.56. The summed E-state index contributed by atoms with van der Waals surface area (Å²) in [5.74, 6) is 0. The molecule has 1 N–H and O–H groups in total. The molecule has 1 aromatic rings. The highest BCUT2D eigenvalue weighted by Crippen LogP contribution is 2.12. The fourth-order valence-electron chi connectivity index (χ4n) is 2.38. The third-order valence-electron chi connectivity index (χ3n) is 3.60. The van der Waals surface area contributed by atoms with Crippen molar-refractivity contribution in [3.63, 3.8) is 0 Å². The van der Waals surface area contributed by atoms with Crippen molar-refractivity contribution >= 4 is 6.09 Å². The number of amides is 1. The zero-order valence-corrected chi connectivity index (χ0v) is 15.5. The number of hydrogen-bond donors (Lipinski definition) is 1. The summed E-state index contributed by atoms with van der Waals surface area (Å²) < 4.78 is 5.47. The molecule has 1 rings (SSSR count). The minimum absolute atomic E-state index is 0.120. The first kappa shape index (κ1) is 19.5. The second-order valence-electron chi connectivity index (χ2n) is 7.07. The molecule has 0 atom stereocenters. The predicted octanol–water partition coefficient (Wildman–Crippen LogP) is 3.98. The number of rotatable bonds is 7. The zero-order valence-electron chi connectivity index (χ0n) is 15.5. The van der Waals surface area contributed by atoms with Gasteiger partial charge in [-0.15, -0.1) is 0 Å². The normalized spacial score (nSPS) is 11.6. The first-order chi connectivity index (χ1) is 10.7. The molecule has 0 aliphatic heterocycles. The first-order valence-corrected chi connectivity index (χ1v) is 8.51. The van der Waals surface area contributed by atoms with E-state index in [-0.39, 0.29) is 12.1 Å². The Bertz CT molecular complexity index is 492. The van der Waals surface area contributed by atoms with E-state index in [1.54, 1.807) is 4.90 Å². The molecule has 0 heterocycles. The van der Waals surface area contributed by atoms with Gasteiger partial charge in [-0.3, -0.25) is 0 Å². The molecule has 0 saturated carbocycles. The first-order valence-electron chi connectivity index (χ1n) is 8.51. The van der Waals surface area contributed by atoms with E-state index in [9.17, 15) is 4.79 Å². The number of carbonyl (C=O) groups is 1. The molecule has 1 amide bonds. The summed E-state index contributed by atoms with van der Waals surface area (Å²) in [5.41, 5.74) is 2.23. The van der Waals surface area contributed by atoms with Crippen molar-refractivity contribution in [1.82, 2.24) is 10.2 Å². The van der Waals surface area contributed by atoms with Gasteiger partial charge in [-0.05, 0) is 52.2 Å². The minimum Gasteiger partial charge on any atom is -0.444 e. The van der Waals surface area contributed by atoms with Crippen molar-refractivity contribution in [2.75, 3.05) is 13.1 Å². The van der Waals surface area contributed by atoms with Crippen LogP contribution in [0.15, 0.2) is 24.3 Å². The van der Waals surface area contributed by atoms with E-state index in [0.717, 1.165) is 19.5 Å². The summed E-state index contributed by atoms with van der Waals surface area (Å²) >= 11 is 0. The van der Waals surface area contributed by atoms with Gasteiger partial charge >= 0.3 is 6.09 Å². The van der Waals surface area contributed by atoms with Crippen LogP contribution in [-0.2, 0) is 17.7 Å². The van der Waals surface area contributed by atoms with Gasteiger partial charge in [0.25, 0.3) is 0 Å². The molecule has 1 aromatic carbocycles. The van der Waals surface area contributed by atoms with Gasteiger partial charge in [0.05, 0.1) is 0 Å². The molecule has 0 aromatic heterocycles. The highest BCUT2D eigenvalue weighted by Gasteiger charge is 2.23. The van der Waals surface area contributed by atoms with Crippen LogP contribution >= 0.6 is 0 Å². The number of ether oxygens (including phenoxy) is 1. The average Bonchev–Trinajstić information content (AvgIpc) is 2.45. The predicted molar refractivity (Wildman–Crippen MR) is 95.6 cm³/mol. The van der Waals surface area contributed by atoms with Crippen LogP contribution in [0.5, 0.6) is 0 Å². The Labute approximate surface area is 141 Å². The summed E-state index contributed by atoms with van der Waals surface area (Å²) in [5, 5.41) is 3.43. The second kappa shape index (κ2) is 8.92. The van der Waals surface area contributed by atoms with Crippen LogP contribution in [0.4, 0.5) is 4.79 Å². The highest BCUT2D eigenvalue weighted by molar-refractivity contribution is 5.68. The molecular formula is C19H32N2O2. The van der Waals surface area contributed by atoms with Crippen LogP contribution in [0.2, 0.25) is 0 Å². The zero-order chi connectivity index (χ0) is 17.5.